The molecule has 0 atom stereocenters. The molecule has 1 rings (SSSR count). The molecular formula is C7H10BrNO2S2. The van der Waals surface area contributed by atoms with Crippen LogP contribution < -0.4 is 5.73 Å². The molecule has 0 fully saturated rings. The van der Waals surface area contributed by atoms with Gasteiger partial charge in [-0.2, -0.15) is 0 Å². The third-order valence-corrected chi connectivity index (χ3v) is 4.90. The Morgan fingerprint density at radius 2 is 2.23 bits per heavy atom. The van der Waals surface area contributed by atoms with Gasteiger partial charge in [-0.25, -0.2) is 8.42 Å². The fourth-order valence-corrected chi connectivity index (χ4v) is 3.96. The molecule has 13 heavy (non-hydrogen) atoms. The molecule has 1 aromatic rings. The lowest BCUT2D eigenvalue weighted by molar-refractivity contribution is 0.595. The summed E-state index contributed by atoms with van der Waals surface area (Å²) in [6.07, 6.45) is 0. The molecule has 74 valence electrons. The van der Waals surface area contributed by atoms with Gasteiger partial charge in [-0.15, -0.1) is 11.3 Å². The van der Waals surface area contributed by atoms with E-state index in [0.29, 0.717) is 0 Å². The highest BCUT2D eigenvalue weighted by Crippen LogP contribution is 2.21. The van der Waals surface area contributed by atoms with E-state index in [2.05, 4.69) is 15.9 Å². The van der Waals surface area contributed by atoms with Crippen molar-refractivity contribution < 1.29 is 8.42 Å². The Balaban J connectivity index is 2.69. The van der Waals surface area contributed by atoms with Gasteiger partial charge in [-0.1, -0.05) is 0 Å². The van der Waals surface area contributed by atoms with Gasteiger partial charge in [-0.05, 0) is 22.0 Å². The van der Waals surface area contributed by atoms with Crippen molar-refractivity contribution in [2.45, 2.75) is 5.75 Å². The van der Waals surface area contributed by atoms with Crippen molar-refractivity contribution in [1.29, 1.82) is 0 Å². The number of nitrogens with two attached hydrogens (primary N) is 1. The van der Waals surface area contributed by atoms with Crippen LogP contribution in [0.25, 0.3) is 0 Å². The summed E-state index contributed by atoms with van der Waals surface area (Å²) in [5.74, 6) is 0.156. The van der Waals surface area contributed by atoms with Gasteiger partial charge < -0.3 is 5.73 Å². The van der Waals surface area contributed by atoms with Crippen LogP contribution in [0.4, 0.5) is 0 Å². The minimum Gasteiger partial charge on any atom is -0.329 e. The number of sulfone groups is 1. The van der Waals surface area contributed by atoms with E-state index in [1.165, 1.54) is 11.3 Å². The fourth-order valence-electron chi connectivity index (χ4n) is 0.898. The summed E-state index contributed by atoms with van der Waals surface area (Å²) in [6.45, 7) is 0.189. The zero-order valence-corrected chi connectivity index (χ0v) is 10.1. The Bertz CT molecular complexity index is 372. The third-order valence-electron chi connectivity index (χ3n) is 1.41. The maximum absolute atomic E-state index is 11.3. The summed E-state index contributed by atoms with van der Waals surface area (Å²) in [5, 5.41) is 1.87. The van der Waals surface area contributed by atoms with E-state index in [-0.39, 0.29) is 18.1 Å². The Morgan fingerprint density at radius 3 is 2.69 bits per heavy atom. The van der Waals surface area contributed by atoms with Crippen LogP contribution in [0, 0.1) is 0 Å². The van der Waals surface area contributed by atoms with Crippen LogP contribution in [0.5, 0.6) is 0 Å². The van der Waals surface area contributed by atoms with Gasteiger partial charge in [-0.3, -0.25) is 0 Å². The predicted octanol–water partition coefficient (Wildman–Crippen LogP) is 1.38. The number of hydrogen-bond donors (Lipinski definition) is 1. The lowest BCUT2D eigenvalue weighted by atomic mass is 10.5. The van der Waals surface area contributed by atoms with Crippen molar-refractivity contribution >= 4 is 37.1 Å². The van der Waals surface area contributed by atoms with Crippen molar-refractivity contribution in [3.8, 4) is 0 Å². The number of rotatable bonds is 4. The lowest BCUT2D eigenvalue weighted by Crippen LogP contribution is -2.16. The first-order valence-corrected chi connectivity index (χ1v) is 7.16. The highest BCUT2D eigenvalue weighted by molar-refractivity contribution is 9.10. The predicted molar refractivity (Wildman–Crippen MR) is 58.6 cm³/mol. The monoisotopic (exact) mass is 283 g/mol. The van der Waals surface area contributed by atoms with E-state index in [9.17, 15) is 8.42 Å². The molecule has 0 bridgehead atoms. The van der Waals surface area contributed by atoms with E-state index in [1.807, 2.05) is 11.4 Å². The second kappa shape index (κ2) is 4.54. The van der Waals surface area contributed by atoms with E-state index in [1.54, 1.807) is 0 Å². The molecule has 0 spiro atoms. The van der Waals surface area contributed by atoms with Crippen molar-refractivity contribution in [1.82, 2.24) is 0 Å². The number of halogens is 1. The Labute approximate surface area is 90.0 Å². The van der Waals surface area contributed by atoms with Gasteiger partial charge in [0.05, 0.1) is 11.5 Å². The van der Waals surface area contributed by atoms with Crippen LogP contribution in [-0.2, 0) is 15.6 Å². The third kappa shape index (κ3) is 3.76. The molecule has 3 nitrogen and oxygen atoms in total. The minimum atomic E-state index is -3.01. The molecule has 0 radical (unpaired) electrons. The Hall–Kier alpha value is 0.0900. The minimum absolute atomic E-state index is 0.0581. The molecular weight excluding hydrogens is 274 g/mol. The van der Waals surface area contributed by atoms with Crippen molar-refractivity contribution in [3.05, 3.63) is 20.8 Å². The summed E-state index contributed by atoms with van der Waals surface area (Å²) >= 11 is 4.70. The van der Waals surface area contributed by atoms with Gasteiger partial charge in [0.15, 0.2) is 9.84 Å². The first kappa shape index (κ1) is 11.2. The van der Waals surface area contributed by atoms with E-state index in [4.69, 9.17) is 5.73 Å². The summed E-state index contributed by atoms with van der Waals surface area (Å²) in [5.41, 5.74) is 5.19. The molecule has 2 N–H and O–H groups in total. The van der Waals surface area contributed by atoms with Crippen LogP contribution in [0.15, 0.2) is 15.9 Å². The zero-order chi connectivity index (χ0) is 9.90. The molecule has 0 unspecified atom stereocenters. The molecule has 0 aromatic carbocycles. The van der Waals surface area contributed by atoms with Crippen LogP contribution in [0.1, 0.15) is 4.88 Å². The molecule has 0 aliphatic rings. The second-order valence-corrected chi connectivity index (χ2v) is 6.71. The largest absolute Gasteiger partial charge is 0.329 e. The Kier molecular flexibility index (Phi) is 3.90. The molecule has 6 heteroatoms. The summed E-state index contributed by atoms with van der Waals surface area (Å²) < 4.78 is 23.6. The summed E-state index contributed by atoms with van der Waals surface area (Å²) in [4.78, 5) is 0.848. The number of hydrogen-bond acceptors (Lipinski definition) is 4. The summed E-state index contributed by atoms with van der Waals surface area (Å²) in [6, 6.07) is 1.82. The molecule has 1 heterocycles. The quantitative estimate of drug-likeness (QED) is 0.908. The number of thiophene rings is 1. The lowest BCUT2D eigenvalue weighted by Gasteiger charge is -1.98. The molecule has 1 aromatic heterocycles. The van der Waals surface area contributed by atoms with Crippen molar-refractivity contribution in [2.24, 2.45) is 5.73 Å². The van der Waals surface area contributed by atoms with E-state index >= 15 is 0 Å². The van der Waals surface area contributed by atoms with Crippen molar-refractivity contribution in [2.75, 3.05) is 12.3 Å². The topological polar surface area (TPSA) is 60.2 Å². The maximum atomic E-state index is 11.3. The van der Waals surface area contributed by atoms with Crippen LogP contribution in [0.2, 0.25) is 0 Å². The summed E-state index contributed by atoms with van der Waals surface area (Å²) in [7, 11) is -3.01. The fraction of sp³-hybridized carbons (Fsp3) is 0.429. The zero-order valence-electron chi connectivity index (χ0n) is 6.86. The normalized spacial score (nSPS) is 11.8. The van der Waals surface area contributed by atoms with E-state index in [0.717, 1.165) is 9.35 Å². The standard InChI is InChI=1S/C7H10BrNO2S2/c8-6-3-7(12-4-6)5-13(10,11)2-1-9/h3-4H,1-2,5,9H2. The molecule has 0 saturated heterocycles. The Morgan fingerprint density at radius 1 is 1.54 bits per heavy atom. The van der Waals surface area contributed by atoms with E-state index < -0.39 is 9.84 Å². The van der Waals surface area contributed by atoms with Gasteiger partial charge in [0.1, 0.15) is 0 Å². The van der Waals surface area contributed by atoms with Gasteiger partial charge in [0, 0.05) is 21.3 Å². The smallest absolute Gasteiger partial charge is 0.156 e. The highest BCUT2D eigenvalue weighted by Gasteiger charge is 2.11. The SMILES string of the molecule is NCCS(=O)(=O)Cc1cc(Br)cs1. The van der Waals surface area contributed by atoms with Crippen molar-refractivity contribution in [3.63, 3.8) is 0 Å². The van der Waals surface area contributed by atoms with Gasteiger partial charge in [0.25, 0.3) is 0 Å². The maximum Gasteiger partial charge on any atom is 0.156 e. The van der Waals surface area contributed by atoms with Gasteiger partial charge in [0.2, 0.25) is 0 Å². The highest BCUT2D eigenvalue weighted by atomic mass is 79.9. The second-order valence-electron chi connectivity index (χ2n) is 2.61. The van der Waals surface area contributed by atoms with Crippen LogP contribution in [0.3, 0.4) is 0 Å². The average Bonchev–Trinajstić information content (AvgIpc) is 2.34. The molecule has 0 amide bonds. The first-order chi connectivity index (χ1) is 6.03. The molecule has 0 aliphatic carbocycles. The van der Waals surface area contributed by atoms with Gasteiger partial charge >= 0.3 is 0 Å². The average molecular weight is 284 g/mol. The first-order valence-electron chi connectivity index (χ1n) is 3.67. The molecule has 0 aliphatic heterocycles. The molecule has 0 saturated carbocycles. The van der Waals surface area contributed by atoms with Crippen LogP contribution >= 0.6 is 27.3 Å². The van der Waals surface area contributed by atoms with Crippen LogP contribution in [-0.4, -0.2) is 20.7 Å².